The minimum Gasteiger partial charge on any atom is -0.353 e. The highest BCUT2D eigenvalue weighted by Gasteiger charge is 2.30. The van der Waals surface area contributed by atoms with Crippen molar-refractivity contribution in [3.63, 3.8) is 0 Å². The Balaban J connectivity index is 1.29. The van der Waals surface area contributed by atoms with Crippen LogP contribution < -0.4 is 15.5 Å². The number of nitrogens with one attached hydrogen (secondary N) is 2. The molecule has 1 aliphatic heterocycles. The van der Waals surface area contributed by atoms with Crippen molar-refractivity contribution in [3.8, 4) is 0 Å². The first-order chi connectivity index (χ1) is 17.1. The average Bonchev–Trinajstić information content (AvgIpc) is 2.84. The Kier molecular flexibility index (Phi) is 7.04. The van der Waals surface area contributed by atoms with Crippen molar-refractivity contribution < 1.29 is 31.5 Å². The zero-order valence-electron chi connectivity index (χ0n) is 18.6. The summed E-state index contributed by atoms with van der Waals surface area (Å²) in [6, 6.07) is 9.51. The number of carbonyl (C=O) groups is 2. The number of halogens is 5. The van der Waals surface area contributed by atoms with E-state index in [0.717, 1.165) is 36.4 Å². The number of aromatic nitrogens is 1. The van der Waals surface area contributed by atoms with Crippen molar-refractivity contribution in [3.05, 3.63) is 83.6 Å². The van der Waals surface area contributed by atoms with E-state index in [-0.39, 0.29) is 11.3 Å². The molecule has 2 N–H and O–H groups in total. The lowest BCUT2D eigenvalue weighted by Gasteiger charge is -2.35. The molecule has 1 fully saturated rings. The number of nitrogens with zero attached hydrogens (tertiary/aromatic N) is 3. The van der Waals surface area contributed by atoms with E-state index in [1.807, 2.05) is 4.90 Å². The monoisotopic (exact) mass is 505 g/mol. The molecule has 1 saturated heterocycles. The summed E-state index contributed by atoms with van der Waals surface area (Å²) in [6.45, 7) is 1.49. The zero-order chi connectivity index (χ0) is 25.9. The second kappa shape index (κ2) is 10.2. The van der Waals surface area contributed by atoms with E-state index in [1.54, 1.807) is 12.1 Å². The number of anilines is 3. The topological polar surface area (TPSA) is 77.6 Å². The first-order valence-electron chi connectivity index (χ1n) is 10.8. The largest absolute Gasteiger partial charge is 0.416 e. The van der Waals surface area contributed by atoms with Crippen molar-refractivity contribution in [2.45, 2.75) is 6.18 Å². The third kappa shape index (κ3) is 5.88. The standard InChI is InChI=1S/C24H20F5N5O2/c25-16-3-7-19(20(26)13-16)22(35)34-11-9-33(10-12-34)21-8-6-18(14-30-21)32-23(36)31-17-4-1-15(2-5-17)24(27,28)29/h1-8,13-14H,9-12H2,(H2,31,32,36). The molecule has 2 aromatic carbocycles. The van der Waals surface area contributed by atoms with E-state index >= 15 is 0 Å². The molecule has 0 radical (unpaired) electrons. The van der Waals surface area contributed by atoms with E-state index in [2.05, 4.69) is 15.6 Å². The molecule has 0 spiro atoms. The Morgan fingerprint density at radius 1 is 0.833 bits per heavy atom. The van der Waals surface area contributed by atoms with Gasteiger partial charge in [-0.15, -0.1) is 0 Å². The van der Waals surface area contributed by atoms with E-state index in [0.29, 0.717) is 43.8 Å². The van der Waals surface area contributed by atoms with Crippen LogP contribution in [0.15, 0.2) is 60.8 Å². The second-order valence-electron chi connectivity index (χ2n) is 7.96. The minimum absolute atomic E-state index is 0.187. The van der Waals surface area contributed by atoms with Gasteiger partial charge in [-0.3, -0.25) is 4.79 Å². The first-order valence-corrected chi connectivity index (χ1v) is 10.8. The molecule has 0 saturated carbocycles. The molecule has 0 bridgehead atoms. The highest BCUT2D eigenvalue weighted by Crippen LogP contribution is 2.29. The lowest BCUT2D eigenvalue weighted by Crippen LogP contribution is -2.49. The van der Waals surface area contributed by atoms with E-state index < -0.39 is 35.3 Å². The molecule has 12 heteroatoms. The number of amides is 3. The van der Waals surface area contributed by atoms with Crippen molar-refractivity contribution in [1.29, 1.82) is 0 Å². The number of carbonyl (C=O) groups excluding carboxylic acids is 2. The molecule has 4 rings (SSSR count). The maximum atomic E-state index is 13.9. The van der Waals surface area contributed by atoms with Crippen LogP contribution in [0.3, 0.4) is 0 Å². The van der Waals surface area contributed by atoms with Gasteiger partial charge >= 0.3 is 12.2 Å². The number of hydrogen-bond acceptors (Lipinski definition) is 4. The lowest BCUT2D eigenvalue weighted by molar-refractivity contribution is -0.137. The van der Waals surface area contributed by atoms with Gasteiger partial charge in [-0.2, -0.15) is 13.2 Å². The number of urea groups is 1. The van der Waals surface area contributed by atoms with Crippen LogP contribution in [0.25, 0.3) is 0 Å². The Bertz CT molecular complexity index is 1240. The van der Waals surface area contributed by atoms with E-state index in [1.165, 1.54) is 11.1 Å². The molecule has 3 amide bonds. The fourth-order valence-corrected chi connectivity index (χ4v) is 3.65. The molecule has 0 aliphatic carbocycles. The van der Waals surface area contributed by atoms with Gasteiger partial charge in [0.15, 0.2) is 0 Å². The van der Waals surface area contributed by atoms with Gasteiger partial charge < -0.3 is 20.4 Å². The van der Waals surface area contributed by atoms with Crippen molar-refractivity contribution >= 4 is 29.1 Å². The summed E-state index contributed by atoms with van der Waals surface area (Å²) in [6.07, 6.45) is -3.04. The summed E-state index contributed by atoms with van der Waals surface area (Å²) in [7, 11) is 0. The van der Waals surface area contributed by atoms with Crippen LogP contribution >= 0.6 is 0 Å². The van der Waals surface area contributed by atoms with Crippen LogP contribution in [-0.4, -0.2) is 48.0 Å². The fraction of sp³-hybridized carbons (Fsp3) is 0.208. The zero-order valence-corrected chi connectivity index (χ0v) is 18.6. The molecule has 2 heterocycles. The van der Waals surface area contributed by atoms with Gasteiger partial charge in [0.1, 0.15) is 17.5 Å². The summed E-state index contributed by atoms with van der Waals surface area (Å²) in [5.41, 5.74) is -0.448. The third-order valence-electron chi connectivity index (χ3n) is 5.53. The van der Waals surface area contributed by atoms with Crippen LogP contribution in [-0.2, 0) is 6.18 Å². The summed E-state index contributed by atoms with van der Waals surface area (Å²) < 4.78 is 64.9. The summed E-state index contributed by atoms with van der Waals surface area (Å²) in [5, 5.41) is 4.99. The molecule has 0 unspecified atom stereocenters. The number of alkyl halides is 3. The quantitative estimate of drug-likeness (QED) is 0.490. The minimum atomic E-state index is -4.46. The molecular formula is C24H20F5N5O2. The molecule has 1 aromatic heterocycles. The lowest BCUT2D eigenvalue weighted by atomic mass is 10.1. The molecule has 3 aromatic rings. The molecule has 188 valence electrons. The third-order valence-corrected chi connectivity index (χ3v) is 5.53. The molecule has 7 nitrogen and oxygen atoms in total. The van der Waals surface area contributed by atoms with Crippen LogP contribution in [0.1, 0.15) is 15.9 Å². The Hall–Kier alpha value is -4.22. The van der Waals surface area contributed by atoms with Gasteiger partial charge in [-0.25, -0.2) is 18.6 Å². The van der Waals surface area contributed by atoms with Gasteiger partial charge in [-0.05, 0) is 48.5 Å². The van der Waals surface area contributed by atoms with E-state index in [9.17, 15) is 31.5 Å². The number of hydrogen-bond donors (Lipinski definition) is 2. The van der Waals surface area contributed by atoms with Gasteiger partial charge in [0.25, 0.3) is 5.91 Å². The van der Waals surface area contributed by atoms with Gasteiger partial charge in [0.2, 0.25) is 0 Å². The van der Waals surface area contributed by atoms with Gasteiger partial charge in [0, 0.05) is 37.9 Å². The molecular weight excluding hydrogens is 485 g/mol. The van der Waals surface area contributed by atoms with Gasteiger partial charge in [-0.1, -0.05) is 0 Å². The first kappa shape index (κ1) is 24.9. The van der Waals surface area contributed by atoms with Crippen LogP contribution in [0.5, 0.6) is 0 Å². The van der Waals surface area contributed by atoms with E-state index in [4.69, 9.17) is 0 Å². The number of piperazine rings is 1. The second-order valence-corrected chi connectivity index (χ2v) is 7.96. The summed E-state index contributed by atoms with van der Waals surface area (Å²) >= 11 is 0. The summed E-state index contributed by atoms with van der Waals surface area (Å²) in [5.74, 6) is -1.58. The smallest absolute Gasteiger partial charge is 0.353 e. The SMILES string of the molecule is O=C(Nc1ccc(C(F)(F)F)cc1)Nc1ccc(N2CCN(C(=O)c3ccc(F)cc3F)CC2)nc1. The maximum absolute atomic E-state index is 13.9. The molecule has 36 heavy (non-hydrogen) atoms. The maximum Gasteiger partial charge on any atom is 0.416 e. The predicted molar refractivity (Wildman–Crippen MR) is 123 cm³/mol. The highest BCUT2D eigenvalue weighted by atomic mass is 19.4. The fourth-order valence-electron chi connectivity index (χ4n) is 3.65. The summed E-state index contributed by atoms with van der Waals surface area (Å²) in [4.78, 5) is 32.4. The van der Waals surface area contributed by atoms with Gasteiger partial charge in [0.05, 0.1) is 23.0 Å². The molecule has 0 atom stereocenters. The molecule has 1 aliphatic rings. The normalized spacial score (nSPS) is 13.9. The van der Waals surface area contributed by atoms with Crippen molar-refractivity contribution in [1.82, 2.24) is 9.88 Å². The van der Waals surface area contributed by atoms with Crippen LogP contribution in [0.2, 0.25) is 0 Å². The van der Waals surface area contributed by atoms with Crippen molar-refractivity contribution in [2.75, 3.05) is 41.7 Å². The average molecular weight is 505 g/mol. The van der Waals surface area contributed by atoms with Crippen LogP contribution in [0.4, 0.5) is 43.9 Å². The predicted octanol–water partition coefficient (Wildman–Crippen LogP) is 4.99. The Morgan fingerprint density at radius 3 is 2.06 bits per heavy atom. The Labute approximate surface area is 202 Å². The highest BCUT2D eigenvalue weighted by molar-refractivity contribution is 5.99. The van der Waals surface area contributed by atoms with Crippen molar-refractivity contribution in [2.24, 2.45) is 0 Å². The number of pyridine rings is 1. The Morgan fingerprint density at radius 2 is 1.47 bits per heavy atom. The number of rotatable bonds is 4. The number of benzene rings is 2. The van der Waals surface area contributed by atoms with Crippen LogP contribution in [0, 0.1) is 11.6 Å².